The van der Waals surface area contributed by atoms with Crippen LogP contribution in [-0.4, -0.2) is 18.0 Å². The molecule has 1 heterocycles. The Kier molecular flexibility index (Phi) is 3.07. The van der Waals surface area contributed by atoms with Crippen LogP contribution in [0.3, 0.4) is 0 Å². The van der Waals surface area contributed by atoms with E-state index in [1.165, 1.54) is 31.4 Å². The molecule has 1 aromatic heterocycles. The van der Waals surface area contributed by atoms with Crippen LogP contribution in [0.4, 0.5) is 4.39 Å². The summed E-state index contributed by atoms with van der Waals surface area (Å²) in [5, 5.41) is 3.38. The summed E-state index contributed by atoms with van der Waals surface area (Å²) in [5.74, 6) is -0.963. The summed E-state index contributed by atoms with van der Waals surface area (Å²) >= 11 is 0. The SMILES string of the molecule is COc1cc(C(=O)N=[N+]=[N-])nc2ccc(F)cc12. The fourth-order valence-corrected chi connectivity index (χ4v) is 1.54. The van der Waals surface area contributed by atoms with Crippen LogP contribution in [0, 0.1) is 5.82 Å². The van der Waals surface area contributed by atoms with Gasteiger partial charge in [0.05, 0.1) is 12.6 Å². The third-order valence-electron chi connectivity index (χ3n) is 2.31. The van der Waals surface area contributed by atoms with E-state index < -0.39 is 11.7 Å². The molecule has 2 aromatic rings. The molecule has 0 bridgehead atoms. The zero-order valence-corrected chi connectivity index (χ0v) is 9.29. The maximum absolute atomic E-state index is 13.1. The number of hydrogen-bond acceptors (Lipinski definition) is 3. The Labute approximate surface area is 101 Å². The molecule has 1 amide bonds. The normalized spacial score (nSPS) is 9.89. The number of carbonyl (C=O) groups excluding carboxylic acids is 1. The first-order valence-electron chi connectivity index (χ1n) is 4.89. The molecule has 0 fully saturated rings. The summed E-state index contributed by atoms with van der Waals surface area (Å²) in [6.45, 7) is 0. The molecule has 0 radical (unpaired) electrons. The number of fused-ring (bicyclic) bond motifs is 1. The van der Waals surface area contributed by atoms with E-state index in [0.29, 0.717) is 10.9 Å². The molecule has 0 saturated carbocycles. The zero-order valence-electron chi connectivity index (χ0n) is 9.29. The Morgan fingerprint density at radius 3 is 2.94 bits per heavy atom. The highest BCUT2D eigenvalue weighted by molar-refractivity contribution is 5.97. The van der Waals surface area contributed by atoms with Crippen LogP contribution in [-0.2, 0) is 0 Å². The van der Waals surface area contributed by atoms with Crippen molar-refractivity contribution < 1.29 is 13.9 Å². The first kappa shape index (κ1) is 11.8. The van der Waals surface area contributed by atoms with Crippen LogP contribution in [0.5, 0.6) is 5.75 Å². The number of ether oxygens (including phenoxy) is 1. The highest BCUT2D eigenvalue weighted by atomic mass is 19.1. The minimum Gasteiger partial charge on any atom is -0.496 e. The standard InChI is InChI=1S/C11H7FN4O2/c1-18-10-5-9(11(17)15-16-13)14-8-3-2-6(12)4-7(8)10/h2-5H,1H3. The van der Waals surface area contributed by atoms with Gasteiger partial charge in [-0.3, -0.25) is 4.79 Å². The van der Waals surface area contributed by atoms with Crippen LogP contribution < -0.4 is 4.74 Å². The van der Waals surface area contributed by atoms with Crippen molar-refractivity contribution in [2.45, 2.75) is 0 Å². The van der Waals surface area contributed by atoms with Gasteiger partial charge in [-0.25, -0.2) is 9.37 Å². The lowest BCUT2D eigenvalue weighted by molar-refractivity contribution is 0.0995. The van der Waals surface area contributed by atoms with E-state index >= 15 is 0 Å². The van der Waals surface area contributed by atoms with Crippen molar-refractivity contribution in [2.75, 3.05) is 7.11 Å². The molecule has 0 N–H and O–H groups in total. The number of benzene rings is 1. The van der Waals surface area contributed by atoms with E-state index in [1.54, 1.807) is 0 Å². The molecular formula is C11H7FN4O2. The molecule has 7 heteroatoms. The number of azide groups is 1. The number of aromatic nitrogens is 1. The highest BCUT2D eigenvalue weighted by Crippen LogP contribution is 2.26. The van der Waals surface area contributed by atoms with Crippen molar-refractivity contribution in [2.24, 2.45) is 5.11 Å². The average molecular weight is 246 g/mol. The van der Waals surface area contributed by atoms with Gasteiger partial charge in [0, 0.05) is 16.4 Å². The number of halogens is 1. The number of carbonyl (C=O) groups is 1. The van der Waals surface area contributed by atoms with E-state index in [1.807, 2.05) is 0 Å². The average Bonchev–Trinajstić information content (AvgIpc) is 2.37. The summed E-state index contributed by atoms with van der Waals surface area (Å²) in [5.41, 5.74) is 8.53. The van der Waals surface area contributed by atoms with Crippen molar-refractivity contribution in [3.8, 4) is 5.75 Å². The molecule has 0 unspecified atom stereocenters. The molecular weight excluding hydrogens is 239 g/mol. The van der Waals surface area contributed by atoms with Crippen molar-refractivity contribution in [1.29, 1.82) is 0 Å². The summed E-state index contributed by atoms with van der Waals surface area (Å²) in [4.78, 5) is 17.8. The molecule has 18 heavy (non-hydrogen) atoms. The lowest BCUT2D eigenvalue weighted by atomic mass is 10.1. The number of hydrogen-bond donors (Lipinski definition) is 0. The van der Waals surface area contributed by atoms with E-state index in [-0.39, 0.29) is 11.4 Å². The molecule has 0 aliphatic carbocycles. The fourth-order valence-electron chi connectivity index (χ4n) is 1.54. The van der Waals surface area contributed by atoms with Gasteiger partial charge in [-0.15, -0.1) is 0 Å². The van der Waals surface area contributed by atoms with Gasteiger partial charge >= 0.3 is 0 Å². The van der Waals surface area contributed by atoms with Crippen LogP contribution in [0.2, 0.25) is 0 Å². The first-order chi connectivity index (χ1) is 8.65. The number of nitrogens with zero attached hydrogens (tertiary/aromatic N) is 4. The maximum atomic E-state index is 13.1. The molecule has 2 rings (SSSR count). The summed E-state index contributed by atoms with van der Waals surface area (Å²) < 4.78 is 18.2. The lowest BCUT2D eigenvalue weighted by Gasteiger charge is -2.06. The third-order valence-corrected chi connectivity index (χ3v) is 2.31. The van der Waals surface area contributed by atoms with Crippen LogP contribution in [0.25, 0.3) is 21.3 Å². The second-order valence-corrected chi connectivity index (χ2v) is 3.37. The molecule has 1 aromatic carbocycles. The monoisotopic (exact) mass is 246 g/mol. The number of rotatable bonds is 2. The van der Waals surface area contributed by atoms with Gasteiger partial charge in [0.25, 0.3) is 5.91 Å². The van der Waals surface area contributed by atoms with E-state index in [4.69, 9.17) is 10.3 Å². The number of amides is 1. The van der Waals surface area contributed by atoms with Crippen LogP contribution in [0.1, 0.15) is 10.5 Å². The molecule has 0 spiro atoms. The van der Waals surface area contributed by atoms with Crippen LogP contribution >= 0.6 is 0 Å². The molecule has 0 aliphatic heterocycles. The fraction of sp³-hybridized carbons (Fsp3) is 0.0909. The van der Waals surface area contributed by atoms with Gasteiger partial charge in [0.1, 0.15) is 17.3 Å². The topological polar surface area (TPSA) is 88.0 Å². The Balaban J connectivity index is 2.70. The van der Waals surface area contributed by atoms with E-state index in [2.05, 4.69) is 15.0 Å². The highest BCUT2D eigenvalue weighted by Gasteiger charge is 2.11. The van der Waals surface area contributed by atoms with Crippen molar-refractivity contribution in [1.82, 2.24) is 4.98 Å². The Morgan fingerprint density at radius 2 is 2.28 bits per heavy atom. The molecule has 0 aliphatic rings. The Morgan fingerprint density at radius 1 is 1.50 bits per heavy atom. The van der Waals surface area contributed by atoms with Crippen LogP contribution in [0.15, 0.2) is 29.4 Å². The predicted molar refractivity (Wildman–Crippen MR) is 61.7 cm³/mol. The zero-order chi connectivity index (χ0) is 13.1. The summed E-state index contributed by atoms with van der Waals surface area (Å²) in [7, 11) is 1.39. The van der Waals surface area contributed by atoms with E-state index in [0.717, 1.165) is 0 Å². The molecule has 0 saturated heterocycles. The Bertz CT molecular complexity index is 680. The third kappa shape index (κ3) is 2.07. The molecule has 90 valence electrons. The van der Waals surface area contributed by atoms with E-state index in [9.17, 15) is 9.18 Å². The van der Waals surface area contributed by atoms with Crippen molar-refractivity contribution in [3.05, 3.63) is 46.2 Å². The predicted octanol–water partition coefficient (Wildman–Crippen LogP) is 2.83. The maximum Gasteiger partial charge on any atom is 0.267 e. The number of methoxy groups -OCH3 is 1. The summed E-state index contributed by atoms with van der Waals surface area (Å²) in [6.07, 6.45) is 0. The lowest BCUT2D eigenvalue weighted by Crippen LogP contribution is -2.00. The van der Waals surface area contributed by atoms with Gasteiger partial charge in [-0.05, 0) is 28.8 Å². The second kappa shape index (κ2) is 4.68. The smallest absolute Gasteiger partial charge is 0.267 e. The van der Waals surface area contributed by atoms with Gasteiger partial charge in [0.15, 0.2) is 0 Å². The second-order valence-electron chi connectivity index (χ2n) is 3.37. The number of pyridine rings is 1. The minimum absolute atomic E-state index is 0.0521. The van der Waals surface area contributed by atoms with Crippen molar-refractivity contribution >= 4 is 16.8 Å². The first-order valence-corrected chi connectivity index (χ1v) is 4.89. The molecule has 0 atom stereocenters. The quantitative estimate of drug-likeness (QED) is 0.463. The largest absolute Gasteiger partial charge is 0.496 e. The Hall–Kier alpha value is -2.66. The van der Waals surface area contributed by atoms with Gasteiger partial charge in [-0.2, -0.15) is 0 Å². The summed E-state index contributed by atoms with van der Waals surface area (Å²) in [6, 6.07) is 5.19. The van der Waals surface area contributed by atoms with Gasteiger partial charge in [-0.1, -0.05) is 0 Å². The van der Waals surface area contributed by atoms with Gasteiger partial charge in [0.2, 0.25) is 0 Å². The molecule has 6 nitrogen and oxygen atoms in total. The van der Waals surface area contributed by atoms with Gasteiger partial charge < -0.3 is 4.74 Å². The van der Waals surface area contributed by atoms with Crippen molar-refractivity contribution in [3.63, 3.8) is 0 Å². The minimum atomic E-state index is -0.818.